The summed E-state index contributed by atoms with van der Waals surface area (Å²) in [4.78, 5) is 2.50. The number of hydrogen-bond donors (Lipinski definition) is 1. The van der Waals surface area contributed by atoms with Gasteiger partial charge in [0.2, 0.25) is 0 Å². The lowest BCUT2D eigenvalue weighted by Crippen LogP contribution is -2.61. The Hall–Kier alpha value is -1.41. The number of benzene rings is 1. The summed E-state index contributed by atoms with van der Waals surface area (Å²) in [5, 5.41) is 19.6. The minimum atomic E-state index is -0.622. The molecule has 1 N–H and O–H groups in total. The number of morpholine rings is 1. The van der Waals surface area contributed by atoms with Crippen molar-refractivity contribution in [1.29, 1.82) is 5.26 Å². The zero-order valence-electron chi connectivity index (χ0n) is 12.9. The molecule has 4 nitrogen and oxygen atoms in total. The number of nitrogens with zero attached hydrogens (tertiary/aromatic N) is 2. The third kappa shape index (κ3) is 3.49. The van der Waals surface area contributed by atoms with Crippen molar-refractivity contribution >= 4 is 0 Å². The van der Waals surface area contributed by atoms with E-state index in [2.05, 4.69) is 35.2 Å². The Morgan fingerprint density at radius 2 is 1.91 bits per heavy atom. The van der Waals surface area contributed by atoms with Gasteiger partial charge in [0.25, 0.3) is 0 Å². The quantitative estimate of drug-likeness (QED) is 0.849. The van der Waals surface area contributed by atoms with Crippen LogP contribution in [0.3, 0.4) is 0 Å². The van der Waals surface area contributed by atoms with Crippen LogP contribution < -0.4 is 0 Å². The summed E-state index contributed by atoms with van der Waals surface area (Å²) in [6.07, 6.45) is 3.55. The van der Waals surface area contributed by atoms with E-state index in [1.165, 1.54) is 5.56 Å². The van der Waals surface area contributed by atoms with Crippen LogP contribution in [0.2, 0.25) is 0 Å². The molecule has 1 aromatic rings. The van der Waals surface area contributed by atoms with Crippen molar-refractivity contribution in [3.05, 3.63) is 35.9 Å². The van der Waals surface area contributed by atoms with Crippen molar-refractivity contribution in [2.45, 2.75) is 56.3 Å². The van der Waals surface area contributed by atoms with Gasteiger partial charge in [0.15, 0.2) is 0 Å². The van der Waals surface area contributed by atoms with Crippen LogP contribution in [0.4, 0.5) is 0 Å². The van der Waals surface area contributed by atoms with Crippen LogP contribution in [-0.4, -0.2) is 40.9 Å². The van der Waals surface area contributed by atoms with Crippen LogP contribution in [0.15, 0.2) is 30.3 Å². The summed E-state index contributed by atoms with van der Waals surface area (Å²) < 4.78 is 5.72. The molecule has 2 fully saturated rings. The summed E-state index contributed by atoms with van der Waals surface area (Å²) in [5.41, 5.74) is 0.692. The predicted molar refractivity (Wildman–Crippen MR) is 84.0 cm³/mol. The minimum Gasteiger partial charge on any atom is -0.390 e. The van der Waals surface area contributed by atoms with Gasteiger partial charge in [0.05, 0.1) is 24.9 Å². The van der Waals surface area contributed by atoms with Gasteiger partial charge in [-0.3, -0.25) is 4.90 Å². The number of aliphatic hydroxyl groups is 1. The number of piperidine rings is 1. The van der Waals surface area contributed by atoms with Gasteiger partial charge in [-0.1, -0.05) is 30.3 Å². The smallest absolute Gasteiger partial charge is 0.0679 e. The van der Waals surface area contributed by atoms with Gasteiger partial charge in [-0.15, -0.1) is 0 Å². The Morgan fingerprint density at radius 1 is 1.23 bits per heavy atom. The van der Waals surface area contributed by atoms with E-state index < -0.39 is 5.60 Å². The average Bonchev–Trinajstić information content (AvgIpc) is 2.50. The Kier molecular flexibility index (Phi) is 4.77. The maximum atomic E-state index is 10.9. The van der Waals surface area contributed by atoms with E-state index in [0.29, 0.717) is 19.6 Å². The first-order valence-corrected chi connectivity index (χ1v) is 8.17. The van der Waals surface area contributed by atoms with Crippen LogP contribution in [0.1, 0.15) is 37.7 Å². The van der Waals surface area contributed by atoms with E-state index in [-0.39, 0.29) is 12.1 Å². The summed E-state index contributed by atoms with van der Waals surface area (Å²) in [6, 6.07) is 13.2. The third-order valence-electron chi connectivity index (χ3n) is 4.93. The highest BCUT2D eigenvalue weighted by atomic mass is 16.5. The van der Waals surface area contributed by atoms with Crippen molar-refractivity contribution in [1.82, 2.24) is 4.90 Å². The molecule has 2 bridgehead atoms. The van der Waals surface area contributed by atoms with E-state index in [1.807, 2.05) is 6.07 Å². The number of fused-ring (bicyclic) bond motifs is 2. The molecule has 2 heterocycles. The van der Waals surface area contributed by atoms with Crippen LogP contribution in [0.5, 0.6) is 0 Å². The van der Waals surface area contributed by atoms with Crippen molar-refractivity contribution < 1.29 is 9.84 Å². The van der Waals surface area contributed by atoms with Crippen molar-refractivity contribution in [2.24, 2.45) is 0 Å². The monoisotopic (exact) mass is 300 g/mol. The molecule has 2 aliphatic heterocycles. The normalized spacial score (nSPS) is 31.6. The highest BCUT2D eigenvalue weighted by Gasteiger charge is 2.45. The molecule has 0 saturated carbocycles. The molecule has 4 heteroatoms. The van der Waals surface area contributed by atoms with Crippen LogP contribution in [0.25, 0.3) is 0 Å². The fourth-order valence-electron chi connectivity index (χ4n) is 3.90. The van der Waals surface area contributed by atoms with E-state index in [4.69, 9.17) is 10.00 Å². The standard InChI is InChI=1S/C18H24N2O2/c19-9-5-4-8-18(21)10-16-13-22-14-17(11-18)20(16)12-15-6-2-1-3-7-15/h1-3,6-7,16-17,21H,4-5,8,10-14H2. The van der Waals surface area contributed by atoms with Crippen molar-refractivity contribution in [2.75, 3.05) is 13.2 Å². The molecular formula is C18H24N2O2. The summed E-state index contributed by atoms with van der Waals surface area (Å²) in [5.74, 6) is 0. The molecule has 0 aromatic heterocycles. The molecule has 3 rings (SSSR count). The van der Waals surface area contributed by atoms with Crippen LogP contribution in [0, 0.1) is 11.3 Å². The van der Waals surface area contributed by atoms with Crippen LogP contribution in [-0.2, 0) is 11.3 Å². The number of unbranched alkanes of at least 4 members (excludes halogenated alkanes) is 1. The topological polar surface area (TPSA) is 56.5 Å². The van der Waals surface area contributed by atoms with Gasteiger partial charge in [0, 0.05) is 25.0 Å². The van der Waals surface area contributed by atoms with Crippen LogP contribution >= 0.6 is 0 Å². The Labute approximate surface area is 132 Å². The first-order chi connectivity index (χ1) is 10.7. The SMILES string of the molecule is N#CCCCC1(O)CC2COCC(C1)N2Cc1ccccc1. The highest BCUT2D eigenvalue weighted by molar-refractivity contribution is 5.15. The molecule has 2 atom stereocenters. The van der Waals surface area contributed by atoms with Gasteiger partial charge >= 0.3 is 0 Å². The highest BCUT2D eigenvalue weighted by Crippen LogP contribution is 2.38. The molecular weight excluding hydrogens is 276 g/mol. The lowest BCUT2D eigenvalue weighted by molar-refractivity contribution is -0.148. The molecule has 0 amide bonds. The van der Waals surface area contributed by atoms with Crippen molar-refractivity contribution in [3.8, 4) is 6.07 Å². The van der Waals surface area contributed by atoms with Gasteiger partial charge in [-0.25, -0.2) is 0 Å². The lowest BCUT2D eigenvalue weighted by Gasteiger charge is -2.51. The first-order valence-electron chi connectivity index (χ1n) is 8.17. The molecule has 2 saturated heterocycles. The lowest BCUT2D eigenvalue weighted by atomic mass is 9.78. The molecule has 118 valence electrons. The van der Waals surface area contributed by atoms with Gasteiger partial charge < -0.3 is 9.84 Å². The second-order valence-corrected chi connectivity index (χ2v) is 6.65. The number of ether oxygens (including phenoxy) is 1. The molecule has 2 unspecified atom stereocenters. The first kappa shape index (κ1) is 15.5. The van der Waals surface area contributed by atoms with E-state index in [9.17, 15) is 5.11 Å². The van der Waals surface area contributed by atoms with Crippen molar-refractivity contribution in [3.63, 3.8) is 0 Å². The summed E-state index contributed by atoms with van der Waals surface area (Å²) in [7, 11) is 0. The summed E-state index contributed by atoms with van der Waals surface area (Å²) in [6.45, 7) is 2.32. The molecule has 2 aliphatic rings. The van der Waals surface area contributed by atoms with Gasteiger partial charge in [0.1, 0.15) is 0 Å². The number of rotatable bonds is 5. The van der Waals surface area contributed by atoms with Gasteiger partial charge in [-0.05, 0) is 31.2 Å². The molecule has 0 aliphatic carbocycles. The fourth-order valence-corrected chi connectivity index (χ4v) is 3.90. The zero-order chi connectivity index (χ0) is 15.4. The molecule has 0 spiro atoms. The Balaban J connectivity index is 1.67. The second-order valence-electron chi connectivity index (χ2n) is 6.65. The number of nitriles is 1. The maximum Gasteiger partial charge on any atom is 0.0679 e. The predicted octanol–water partition coefficient (Wildman–Crippen LogP) is 2.47. The largest absolute Gasteiger partial charge is 0.390 e. The fraction of sp³-hybridized carbons (Fsp3) is 0.611. The van der Waals surface area contributed by atoms with E-state index >= 15 is 0 Å². The molecule has 22 heavy (non-hydrogen) atoms. The zero-order valence-corrected chi connectivity index (χ0v) is 12.9. The van der Waals surface area contributed by atoms with E-state index in [0.717, 1.165) is 32.2 Å². The molecule has 1 aromatic carbocycles. The third-order valence-corrected chi connectivity index (χ3v) is 4.93. The Morgan fingerprint density at radius 3 is 2.55 bits per heavy atom. The number of hydrogen-bond acceptors (Lipinski definition) is 4. The minimum absolute atomic E-state index is 0.278. The molecule has 0 radical (unpaired) electrons. The van der Waals surface area contributed by atoms with Gasteiger partial charge in [-0.2, -0.15) is 5.26 Å². The second kappa shape index (κ2) is 6.78. The van der Waals surface area contributed by atoms with E-state index in [1.54, 1.807) is 0 Å². The average molecular weight is 300 g/mol. The maximum absolute atomic E-state index is 10.9. The Bertz CT molecular complexity index is 512. The summed E-state index contributed by atoms with van der Waals surface area (Å²) >= 11 is 0.